The van der Waals surface area contributed by atoms with Gasteiger partial charge in [0.25, 0.3) is 0 Å². The first-order valence-corrected chi connectivity index (χ1v) is 7.23. The maximum atomic E-state index is 14.0. The highest BCUT2D eigenvalue weighted by atomic mass is 35.5. The Kier molecular flexibility index (Phi) is 3.75. The Morgan fingerprint density at radius 1 is 1.12 bits per heavy atom. The lowest BCUT2D eigenvalue weighted by atomic mass is 9.88. The van der Waals surface area contributed by atoms with Crippen LogP contribution in [0.25, 0.3) is 16.9 Å². The molecule has 3 aromatic heterocycles. The molecule has 0 N–H and O–H groups in total. The van der Waals surface area contributed by atoms with Crippen LogP contribution in [0.4, 0.5) is 17.6 Å². The smallest absolute Gasteiger partial charge is 0.282 e. The lowest BCUT2D eigenvalue weighted by molar-refractivity contribution is -0.181. The minimum Gasteiger partial charge on any atom is -0.282 e. The van der Waals surface area contributed by atoms with Crippen LogP contribution in [0.2, 0.25) is 5.28 Å². The van der Waals surface area contributed by atoms with Crippen LogP contribution in [-0.2, 0) is 5.41 Å². The first-order chi connectivity index (χ1) is 11.1. The second kappa shape index (κ2) is 5.41. The van der Waals surface area contributed by atoms with Crippen LogP contribution in [0, 0.1) is 5.82 Å². The van der Waals surface area contributed by atoms with Gasteiger partial charge in [-0.1, -0.05) is 6.07 Å². The lowest BCUT2D eigenvalue weighted by Crippen LogP contribution is -2.37. The van der Waals surface area contributed by atoms with Gasteiger partial charge in [-0.2, -0.15) is 18.2 Å². The summed E-state index contributed by atoms with van der Waals surface area (Å²) in [4.78, 5) is 11.7. The highest BCUT2D eigenvalue weighted by Crippen LogP contribution is 2.39. The van der Waals surface area contributed by atoms with Crippen molar-refractivity contribution in [2.24, 2.45) is 0 Å². The first-order valence-electron chi connectivity index (χ1n) is 6.85. The van der Waals surface area contributed by atoms with Crippen molar-refractivity contribution < 1.29 is 17.6 Å². The minimum absolute atomic E-state index is 0.0988. The molecule has 3 aromatic rings. The highest BCUT2D eigenvalue weighted by Gasteiger charge is 2.49. The second-order valence-corrected chi connectivity index (χ2v) is 6.07. The Morgan fingerprint density at radius 3 is 2.50 bits per heavy atom. The summed E-state index contributed by atoms with van der Waals surface area (Å²) in [6.07, 6.45) is -2.18. The Balaban J connectivity index is 2.19. The molecular weight excluding hydrogens is 348 g/mol. The Bertz CT molecular complexity index is 917. The number of hydrogen-bond donors (Lipinski definition) is 0. The van der Waals surface area contributed by atoms with Crippen LogP contribution in [0.15, 0.2) is 30.6 Å². The summed E-state index contributed by atoms with van der Waals surface area (Å²) in [6.45, 7) is 2.07. The zero-order valence-corrected chi connectivity index (χ0v) is 13.3. The van der Waals surface area contributed by atoms with Gasteiger partial charge < -0.3 is 0 Å². The van der Waals surface area contributed by atoms with Crippen molar-refractivity contribution >= 4 is 22.6 Å². The van der Waals surface area contributed by atoms with E-state index < -0.39 is 17.4 Å². The molecule has 0 aliphatic rings. The molecule has 9 heteroatoms. The number of nitrogens with zero attached hydrogens (tertiary/aromatic N) is 4. The number of alkyl halides is 3. The van der Waals surface area contributed by atoms with Crippen LogP contribution in [0.3, 0.4) is 0 Å². The Hall–Kier alpha value is -2.22. The van der Waals surface area contributed by atoms with Crippen molar-refractivity contribution in [3.8, 4) is 5.82 Å². The molecule has 0 aromatic carbocycles. The molecule has 0 aliphatic heterocycles. The zero-order chi connectivity index (χ0) is 17.7. The molecule has 126 valence electrons. The Morgan fingerprint density at radius 2 is 1.83 bits per heavy atom. The van der Waals surface area contributed by atoms with Crippen LogP contribution < -0.4 is 0 Å². The molecule has 0 unspecified atom stereocenters. The van der Waals surface area contributed by atoms with Gasteiger partial charge in [0.2, 0.25) is 5.28 Å². The van der Waals surface area contributed by atoms with Crippen molar-refractivity contribution in [3.05, 3.63) is 47.4 Å². The predicted octanol–water partition coefficient (Wildman–Crippen LogP) is 4.45. The summed E-state index contributed by atoms with van der Waals surface area (Å²) >= 11 is 5.72. The molecule has 0 bridgehead atoms. The maximum Gasteiger partial charge on any atom is 0.399 e. The third-order valence-corrected chi connectivity index (χ3v) is 3.98. The summed E-state index contributed by atoms with van der Waals surface area (Å²) in [5, 5.41) is -0.00434. The van der Waals surface area contributed by atoms with Crippen molar-refractivity contribution in [1.29, 1.82) is 0 Å². The van der Waals surface area contributed by atoms with Crippen molar-refractivity contribution in [3.63, 3.8) is 0 Å². The monoisotopic (exact) mass is 358 g/mol. The van der Waals surface area contributed by atoms with E-state index in [9.17, 15) is 17.6 Å². The number of halogens is 5. The molecule has 0 saturated carbocycles. The van der Waals surface area contributed by atoms with Crippen LogP contribution in [-0.4, -0.2) is 25.7 Å². The fraction of sp³-hybridized carbons (Fsp3) is 0.267. The van der Waals surface area contributed by atoms with E-state index in [0.717, 1.165) is 20.0 Å². The van der Waals surface area contributed by atoms with Gasteiger partial charge in [0.05, 0.1) is 11.1 Å². The van der Waals surface area contributed by atoms with E-state index in [-0.39, 0.29) is 27.8 Å². The zero-order valence-electron chi connectivity index (χ0n) is 12.6. The topological polar surface area (TPSA) is 43.6 Å². The molecule has 0 aliphatic carbocycles. The van der Waals surface area contributed by atoms with E-state index in [1.807, 2.05) is 0 Å². The second-order valence-electron chi connectivity index (χ2n) is 5.73. The SMILES string of the molecule is CC(C)(c1cccc(-n2cc(F)c3cnc(Cl)nc32)n1)C(F)(F)F. The fourth-order valence-corrected chi connectivity index (χ4v) is 2.30. The summed E-state index contributed by atoms with van der Waals surface area (Å²) in [7, 11) is 0. The third kappa shape index (κ3) is 2.60. The molecule has 0 atom stereocenters. The average molecular weight is 359 g/mol. The molecule has 0 spiro atoms. The molecule has 0 saturated heterocycles. The first kappa shape index (κ1) is 16.6. The molecule has 0 fully saturated rings. The number of hydrogen-bond acceptors (Lipinski definition) is 3. The predicted molar refractivity (Wildman–Crippen MR) is 80.7 cm³/mol. The molecule has 4 nitrogen and oxygen atoms in total. The maximum absolute atomic E-state index is 14.0. The normalized spacial score (nSPS) is 12.8. The number of fused-ring (bicyclic) bond motifs is 1. The Labute approximate surface area is 139 Å². The van der Waals surface area contributed by atoms with E-state index in [2.05, 4.69) is 15.0 Å². The van der Waals surface area contributed by atoms with Crippen molar-refractivity contribution in [2.75, 3.05) is 0 Å². The van der Waals surface area contributed by atoms with E-state index in [0.29, 0.717) is 0 Å². The number of pyridine rings is 1. The van der Waals surface area contributed by atoms with Gasteiger partial charge in [-0.3, -0.25) is 4.57 Å². The summed E-state index contributed by atoms with van der Waals surface area (Å²) in [6, 6.07) is 4.17. The lowest BCUT2D eigenvalue weighted by Gasteiger charge is -2.27. The van der Waals surface area contributed by atoms with Gasteiger partial charge in [0, 0.05) is 12.4 Å². The molecule has 0 amide bonds. The van der Waals surface area contributed by atoms with Gasteiger partial charge in [0.1, 0.15) is 11.2 Å². The average Bonchev–Trinajstić information content (AvgIpc) is 2.82. The van der Waals surface area contributed by atoms with Gasteiger partial charge in [-0.05, 0) is 37.6 Å². The summed E-state index contributed by atoms with van der Waals surface area (Å²) in [5.41, 5.74) is -2.21. The van der Waals surface area contributed by atoms with Crippen molar-refractivity contribution in [2.45, 2.75) is 25.4 Å². The van der Waals surface area contributed by atoms with Gasteiger partial charge in [0.15, 0.2) is 11.5 Å². The highest BCUT2D eigenvalue weighted by molar-refractivity contribution is 6.28. The number of rotatable bonds is 2. The fourth-order valence-electron chi connectivity index (χ4n) is 2.17. The van der Waals surface area contributed by atoms with Crippen LogP contribution >= 0.6 is 11.6 Å². The van der Waals surface area contributed by atoms with E-state index >= 15 is 0 Å². The van der Waals surface area contributed by atoms with E-state index in [1.54, 1.807) is 0 Å². The standard InChI is InChI=1S/C15H11ClF4N4/c1-14(2,15(18,19)20)10-4-3-5-11(22-10)24-7-9(17)8-6-21-13(16)23-12(8)24/h3-7H,1-2H3. The summed E-state index contributed by atoms with van der Waals surface area (Å²) < 4.78 is 54.9. The van der Waals surface area contributed by atoms with Crippen LogP contribution in [0.5, 0.6) is 0 Å². The molecular formula is C15H11ClF4N4. The molecule has 3 heterocycles. The van der Waals surface area contributed by atoms with Crippen LogP contribution in [0.1, 0.15) is 19.5 Å². The number of aromatic nitrogens is 4. The minimum atomic E-state index is -4.48. The summed E-state index contributed by atoms with van der Waals surface area (Å²) in [5.74, 6) is -0.516. The van der Waals surface area contributed by atoms with E-state index in [1.165, 1.54) is 29.0 Å². The van der Waals surface area contributed by atoms with Gasteiger partial charge >= 0.3 is 6.18 Å². The molecule has 24 heavy (non-hydrogen) atoms. The van der Waals surface area contributed by atoms with Crippen molar-refractivity contribution in [1.82, 2.24) is 19.5 Å². The van der Waals surface area contributed by atoms with Gasteiger partial charge in [-0.25, -0.2) is 14.4 Å². The van der Waals surface area contributed by atoms with E-state index in [4.69, 9.17) is 11.6 Å². The quantitative estimate of drug-likeness (QED) is 0.502. The van der Waals surface area contributed by atoms with Gasteiger partial charge in [-0.15, -0.1) is 0 Å². The molecule has 0 radical (unpaired) electrons. The third-order valence-electron chi connectivity index (χ3n) is 3.80. The largest absolute Gasteiger partial charge is 0.399 e. The molecule has 3 rings (SSSR count).